The normalized spacial score (nSPS) is 10.4. The fraction of sp³-hybridized carbons (Fsp3) is 0.250. The maximum atomic E-state index is 12.0. The summed E-state index contributed by atoms with van der Waals surface area (Å²) in [6.45, 7) is 2.25. The molecule has 0 bridgehead atoms. The number of nitrogens with zero attached hydrogens (tertiary/aromatic N) is 3. The minimum atomic E-state index is -0.0832. The van der Waals surface area contributed by atoms with Crippen LogP contribution in [0.4, 0.5) is 5.82 Å². The molecule has 0 aromatic carbocycles. The van der Waals surface area contributed by atoms with Crippen LogP contribution >= 0.6 is 15.9 Å². The second-order valence-corrected chi connectivity index (χ2v) is 4.67. The Kier molecular flexibility index (Phi) is 3.76. The molecule has 18 heavy (non-hydrogen) atoms. The van der Waals surface area contributed by atoms with Gasteiger partial charge in [0.1, 0.15) is 10.3 Å². The summed E-state index contributed by atoms with van der Waals surface area (Å²) in [5.74, 6) is 0.800. The van der Waals surface area contributed by atoms with Crippen molar-refractivity contribution in [2.45, 2.75) is 13.5 Å². The monoisotopic (exact) mass is 308 g/mol. The zero-order valence-electron chi connectivity index (χ0n) is 10.1. The van der Waals surface area contributed by atoms with Crippen LogP contribution in [0.2, 0.25) is 0 Å². The molecule has 6 heteroatoms. The van der Waals surface area contributed by atoms with E-state index in [0.717, 1.165) is 11.4 Å². The fourth-order valence-electron chi connectivity index (χ4n) is 1.52. The van der Waals surface area contributed by atoms with Gasteiger partial charge in [-0.3, -0.25) is 9.36 Å². The number of hydrogen-bond acceptors (Lipinski definition) is 4. The van der Waals surface area contributed by atoms with E-state index in [1.165, 1.54) is 0 Å². The lowest BCUT2D eigenvalue weighted by atomic mass is 10.3. The summed E-state index contributed by atoms with van der Waals surface area (Å²) in [6, 6.07) is 3.80. The van der Waals surface area contributed by atoms with Gasteiger partial charge in [-0.15, -0.1) is 0 Å². The molecule has 2 aromatic heterocycles. The molecule has 94 valence electrons. The highest BCUT2D eigenvalue weighted by atomic mass is 79.9. The summed E-state index contributed by atoms with van der Waals surface area (Å²) in [4.78, 5) is 20.3. The predicted molar refractivity (Wildman–Crippen MR) is 73.8 cm³/mol. The van der Waals surface area contributed by atoms with E-state index in [1.807, 2.05) is 19.2 Å². The predicted octanol–water partition coefficient (Wildman–Crippen LogP) is 1.80. The quantitative estimate of drug-likeness (QED) is 0.939. The van der Waals surface area contributed by atoms with E-state index in [0.29, 0.717) is 16.7 Å². The van der Waals surface area contributed by atoms with Crippen molar-refractivity contribution in [3.63, 3.8) is 0 Å². The van der Waals surface area contributed by atoms with Crippen LogP contribution in [0.25, 0.3) is 0 Å². The van der Waals surface area contributed by atoms with Crippen LogP contribution in [0.5, 0.6) is 0 Å². The molecule has 0 saturated carbocycles. The van der Waals surface area contributed by atoms with Crippen molar-refractivity contribution in [3.05, 3.63) is 50.7 Å². The SMILES string of the molecule is CNc1ccc(Cn2cnc(C)c(Br)c2=O)cn1. The average molecular weight is 309 g/mol. The van der Waals surface area contributed by atoms with Crippen molar-refractivity contribution in [2.75, 3.05) is 12.4 Å². The molecule has 0 atom stereocenters. The molecule has 0 aliphatic rings. The van der Waals surface area contributed by atoms with Crippen molar-refractivity contribution < 1.29 is 0 Å². The van der Waals surface area contributed by atoms with Crippen LogP contribution in [-0.4, -0.2) is 21.6 Å². The van der Waals surface area contributed by atoms with Gasteiger partial charge in [0, 0.05) is 13.2 Å². The maximum Gasteiger partial charge on any atom is 0.268 e. The summed E-state index contributed by atoms with van der Waals surface area (Å²) < 4.78 is 2.05. The van der Waals surface area contributed by atoms with E-state index in [4.69, 9.17) is 0 Å². The molecular weight excluding hydrogens is 296 g/mol. The Morgan fingerprint density at radius 1 is 1.39 bits per heavy atom. The van der Waals surface area contributed by atoms with Gasteiger partial charge >= 0.3 is 0 Å². The molecule has 0 fully saturated rings. The maximum absolute atomic E-state index is 12.0. The average Bonchev–Trinajstić information content (AvgIpc) is 2.40. The third kappa shape index (κ3) is 2.59. The molecule has 0 aliphatic carbocycles. The third-order valence-electron chi connectivity index (χ3n) is 2.59. The van der Waals surface area contributed by atoms with Crippen LogP contribution < -0.4 is 10.9 Å². The Labute approximate surface area is 113 Å². The Hall–Kier alpha value is -1.69. The van der Waals surface area contributed by atoms with Gasteiger partial charge in [0.25, 0.3) is 5.56 Å². The lowest BCUT2D eigenvalue weighted by molar-refractivity contribution is 0.722. The topological polar surface area (TPSA) is 59.8 Å². The molecule has 0 saturated heterocycles. The van der Waals surface area contributed by atoms with Crippen molar-refractivity contribution in [2.24, 2.45) is 0 Å². The van der Waals surface area contributed by atoms with Crippen molar-refractivity contribution in [1.82, 2.24) is 14.5 Å². The summed E-state index contributed by atoms with van der Waals surface area (Å²) in [7, 11) is 1.81. The first-order chi connectivity index (χ1) is 8.61. The first-order valence-electron chi connectivity index (χ1n) is 5.46. The summed E-state index contributed by atoms with van der Waals surface area (Å²) >= 11 is 3.24. The van der Waals surface area contributed by atoms with E-state index < -0.39 is 0 Å². The number of aryl methyl sites for hydroxylation is 1. The minimum absolute atomic E-state index is 0.0832. The molecule has 2 rings (SSSR count). The summed E-state index contributed by atoms with van der Waals surface area (Å²) in [5.41, 5.74) is 1.56. The molecule has 1 N–H and O–H groups in total. The number of nitrogens with one attached hydrogen (secondary N) is 1. The van der Waals surface area contributed by atoms with Gasteiger partial charge in [0.15, 0.2) is 0 Å². The zero-order valence-corrected chi connectivity index (χ0v) is 11.7. The van der Waals surface area contributed by atoms with Gasteiger partial charge < -0.3 is 5.32 Å². The van der Waals surface area contributed by atoms with Crippen LogP contribution in [0.15, 0.2) is 33.9 Å². The molecule has 2 heterocycles. The molecule has 0 amide bonds. The highest BCUT2D eigenvalue weighted by Gasteiger charge is 2.06. The van der Waals surface area contributed by atoms with Gasteiger partial charge in [-0.05, 0) is 34.5 Å². The number of pyridine rings is 1. The van der Waals surface area contributed by atoms with Crippen LogP contribution in [0.1, 0.15) is 11.3 Å². The molecule has 5 nitrogen and oxygen atoms in total. The van der Waals surface area contributed by atoms with E-state index >= 15 is 0 Å². The number of hydrogen-bond donors (Lipinski definition) is 1. The number of rotatable bonds is 3. The van der Waals surface area contributed by atoms with Crippen molar-refractivity contribution in [1.29, 1.82) is 0 Å². The lowest BCUT2D eigenvalue weighted by Gasteiger charge is -2.07. The van der Waals surface area contributed by atoms with E-state index in [-0.39, 0.29) is 5.56 Å². The van der Waals surface area contributed by atoms with Crippen LogP contribution in [0.3, 0.4) is 0 Å². The Bertz CT molecular complexity index is 606. The molecular formula is C12H13BrN4O. The zero-order chi connectivity index (χ0) is 13.1. The molecule has 0 unspecified atom stereocenters. The highest BCUT2D eigenvalue weighted by molar-refractivity contribution is 9.10. The second kappa shape index (κ2) is 5.30. The van der Waals surface area contributed by atoms with Crippen molar-refractivity contribution >= 4 is 21.7 Å². The lowest BCUT2D eigenvalue weighted by Crippen LogP contribution is -2.22. The molecule has 0 aliphatic heterocycles. The molecule has 0 radical (unpaired) electrons. The smallest absolute Gasteiger partial charge is 0.268 e. The van der Waals surface area contributed by atoms with Crippen LogP contribution in [-0.2, 0) is 6.54 Å². The second-order valence-electron chi connectivity index (χ2n) is 3.88. The van der Waals surface area contributed by atoms with Crippen molar-refractivity contribution in [3.8, 4) is 0 Å². The van der Waals surface area contributed by atoms with Gasteiger partial charge in [-0.25, -0.2) is 9.97 Å². The molecule has 2 aromatic rings. The van der Waals surface area contributed by atoms with E-state index in [9.17, 15) is 4.79 Å². The van der Waals surface area contributed by atoms with Gasteiger partial charge in [-0.1, -0.05) is 6.07 Å². The Balaban J connectivity index is 2.28. The standard InChI is InChI=1S/C12H13BrN4O/c1-8-11(13)12(18)17(7-16-8)6-9-3-4-10(14-2)15-5-9/h3-5,7H,6H2,1-2H3,(H,14,15). The number of anilines is 1. The van der Waals surface area contributed by atoms with E-state index in [1.54, 1.807) is 24.0 Å². The molecule has 0 spiro atoms. The first kappa shape index (κ1) is 12.8. The summed E-state index contributed by atoms with van der Waals surface area (Å²) in [5, 5.41) is 2.95. The van der Waals surface area contributed by atoms with Crippen LogP contribution in [0, 0.1) is 6.92 Å². The summed E-state index contributed by atoms with van der Waals surface area (Å²) in [6.07, 6.45) is 3.29. The van der Waals surface area contributed by atoms with E-state index in [2.05, 4.69) is 31.2 Å². The van der Waals surface area contributed by atoms with Gasteiger partial charge in [-0.2, -0.15) is 0 Å². The highest BCUT2D eigenvalue weighted by Crippen LogP contribution is 2.08. The van der Waals surface area contributed by atoms with Gasteiger partial charge in [0.2, 0.25) is 0 Å². The minimum Gasteiger partial charge on any atom is -0.373 e. The Morgan fingerprint density at radius 2 is 2.17 bits per heavy atom. The Morgan fingerprint density at radius 3 is 2.78 bits per heavy atom. The number of aromatic nitrogens is 3. The fourth-order valence-corrected chi connectivity index (χ4v) is 1.85. The first-order valence-corrected chi connectivity index (χ1v) is 6.25. The largest absolute Gasteiger partial charge is 0.373 e. The third-order valence-corrected chi connectivity index (χ3v) is 3.50. The number of halogens is 1. The van der Waals surface area contributed by atoms with Gasteiger partial charge in [0.05, 0.1) is 18.6 Å².